The fourth-order valence-corrected chi connectivity index (χ4v) is 2.79. The average molecular weight is 404 g/mol. The number of aryl methyl sites for hydroxylation is 2. The van der Waals surface area contributed by atoms with Crippen molar-refractivity contribution in [2.75, 3.05) is 0 Å². The molecule has 0 aliphatic heterocycles. The number of carbonyl (C=O) groups excluding carboxylic acids is 1. The van der Waals surface area contributed by atoms with Crippen LogP contribution in [0.2, 0.25) is 0 Å². The van der Waals surface area contributed by atoms with Crippen LogP contribution in [-0.2, 0) is 13.0 Å². The highest BCUT2D eigenvalue weighted by molar-refractivity contribution is 9.10. The number of carbonyl (C=O) groups is 1. The van der Waals surface area contributed by atoms with Crippen molar-refractivity contribution in [2.45, 2.75) is 26.8 Å². The van der Waals surface area contributed by atoms with Gasteiger partial charge in [0.15, 0.2) is 5.78 Å². The fraction of sp³-hybridized carbons (Fsp3) is 0.286. The number of Topliss-reactive ketones (excluding diaryl/α,β-unsaturated/α-hetero) is 1. The molecule has 1 aromatic heterocycles. The van der Waals surface area contributed by atoms with Crippen molar-refractivity contribution >= 4 is 37.6 Å². The van der Waals surface area contributed by atoms with E-state index in [1.54, 1.807) is 16.8 Å². The molecule has 0 amide bonds. The molecule has 0 N–H and O–H groups in total. The number of hydrogen-bond acceptors (Lipinski definition) is 2. The van der Waals surface area contributed by atoms with Crippen molar-refractivity contribution in [3.05, 3.63) is 49.9 Å². The first-order chi connectivity index (χ1) is 9.45. The minimum atomic E-state index is -0.520. The predicted octanol–water partition coefficient (Wildman–Crippen LogP) is 4.30. The zero-order valence-corrected chi connectivity index (χ0v) is 14.3. The highest BCUT2D eigenvalue weighted by Crippen LogP contribution is 2.24. The molecule has 0 aliphatic carbocycles. The Morgan fingerprint density at radius 2 is 2.10 bits per heavy atom. The number of benzene rings is 1. The third-order valence-electron chi connectivity index (χ3n) is 3.03. The van der Waals surface area contributed by atoms with Crippen LogP contribution in [0.1, 0.15) is 28.7 Å². The van der Waals surface area contributed by atoms with Crippen LogP contribution in [0.25, 0.3) is 0 Å². The Bertz CT molecular complexity index is 667. The lowest BCUT2D eigenvalue weighted by Crippen LogP contribution is -2.11. The third-order valence-corrected chi connectivity index (χ3v) is 4.68. The van der Waals surface area contributed by atoms with Gasteiger partial charge in [-0.2, -0.15) is 5.10 Å². The molecule has 0 atom stereocenters. The molecule has 0 spiro atoms. The summed E-state index contributed by atoms with van der Waals surface area (Å²) in [6.07, 6.45) is 0.114. The average Bonchev–Trinajstić information content (AvgIpc) is 2.69. The van der Waals surface area contributed by atoms with Gasteiger partial charge >= 0.3 is 0 Å². The molecule has 1 heterocycles. The number of nitrogens with zero attached hydrogens (tertiary/aromatic N) is 2. The van der Waals surface area contributed by atoms with Gasteiger partial charge in [-0.3, -0.25) is 9.48 Å². The maximum atomic E-state index is 13.9. The standard InChI is InChI=1S/C14H13Br2FN2O/c1-3-19-11(13(16)8(2)18-19)7-12(20)9-5-4-6-10(15)14(9)17/h4-6H,3,7H2,1-2H3. The van der Waals surface area contributed by atoms with E-state index in [1.807, 2.05) is 13.8 Å². The molecule has 0 saturated carbocycles. The van der Waals surface area contributed by atoms with Crippen molar-refractivity contribution in [1.29, 1.82) is 0 Å². The van der Waals surface area contributed by atoms with Gasteiger partial charge in [-0.15, -0.1) is 0 Å². The highest BCUT2D eigenvalue weighted by atomic mass is 79.9. The Labute approximate surface area is 133 Å². The highest BCUT2D eigenvalue weighted by Gasteiger charge is 2.19. The second-order valence-electron chi connectivity index (χ2n) is 4.36. The molecular weight excluding hydrogens is 391 g/mol. The fourth-order valence-electron chi connectivity index (χ4n) is 2.00. The van der Waals surface area contributed by atoms with Gasteiger partial charge in [0, 0.05) is 6.54 Å². The molecule has 0 bridgehead atoms. The molecule has 0 unspecified atom stereocenters. The summed E-state index contributed by atoms with van der Waals surface area (Å²) < 4.78 is 16.8. The second kappa shape index (κ2) is 6.18. The Balaban J connectivity index is 2.35. The Hall–Kier alpha value is -1.01. The van der Waals surface area contributed by atoms with Gasteiger partial charge in [0.25, 0.3) is 0 Å². The second-order valence-corrected chi connectivity index (χ2v) is 6.01. The SMILES string of the molecule is CCn1nc(C)c(Br)c1CC(=O)c1cccc(Br)c1F. The first kappa shape index (κ1) is 15.4. The van der Waals surface area contributed by atoms with Crippen LogP contribution in [0, 0.1) is 12.7 Å². The molecule has 20 heavy (non-hydrogen) atoms. The van der Waals surface area contributed by atoms with E-state index in [1.165, 1.54) is 6.07 Å². The van der Waals surface area contributed by atoms with E-state index >= 15 is 0 Å². The van der Waals surface area contributed by atoms with Gasteiger partial charge in [0.05, 0.1) is 32.3 Å². The smallest absolute Gasteiger partial charge is 0.171 e. The summed E-state index contributed by atoms with van der Waals surface area (Å²) >= 11 is 6.53. The van der Waals surface area contributed by atoms with Crippen LogP contribution >= 0.6 is 31.9 Å². The topological polar surface area (TPSA) is 34.9 Å². The van der Waals surface area contributed by atoms with Crippen molar-refractivity contribution in [3.63, 3.8) is 0 Å². The van der Waals surface area contributed by atoms with Crippen molar-refractivity contribution in [1.82, 2.24) is 9.78 Å². The maximum Gasteiger partial charge on any atom is 0.171 e. The van der Waals surface area contributed by atoms with E-state index in [0.717, 1.165) is 15.9 Å². The summed E-state index contributed by atoms with van der Waals surface area (Å²) in [6, 6.07) is 4.72. The number of hydrogen-bond donors (Lipinski definition) is 0. The largest absolute Gasteiger partial charge is 0.294 e. The van der Waals surface area contributed by atoms with E-state index in [0.29, 0.717) is 11.0 Å². The molecule has 0 saturated heterocycles. The van der Waals surface area contributed by atoms with E-state index < -0.39 is 5.82 Å². The summed E-state index contributed by atoms with van der Waals surface area (Å²) in [6.45, 7) is 4.48. The van der Waals surface area contributed by atoms with E-state index in [2.05, 4.69) is 37.0 Å². The van der Waals surface area contributed by atoms with Gasteiger partial charge in [-0.25, -0.2) is 4.39 Å². The third kappa shape index (κ3) is 2.86. The van der Waals surface area contributed by atoms with E-state index in [4.69, 9.17) is 0 Å². The zero-order valence-electron chi connectivity index (χ0n) is 11.1. The monoisotopic (exact) mass is 402 g/mol. The van der Waals surface area contributed by atoms with Crippen LogP contribution in [0.4, 0.5) is 4.39 Å². The lowest BCUT2D eigenvalue weighted by molar-refractivity contribution is 0.0986. The van der Waals surface area contributed by atoms with E-state index in [-0.39, 0.29) is 17.8 Å². The Kier molecular flexibility index (Phi) is 4.75. The van der Waals surface area contributed by atoms with Crippen LogP contribution in [0.15, 0.2) is 27.1 Å². The Morgan fingerprint density at radius 1 is 1.40 bits per heavy atom. The van der Waals surface area contributed by atoms with E-state index in [9.17, 15) is 9.18 Å². The number of aromatic nitrogens is 2. The van der Waals surface area contributed by atoms with Crippen LogP contribution in [0.3, 0.4) is 0 Å². The quantitative estimate of drug-likeness (QED) is 0.713. The maximum absolute atomic E-state index is 13.9. The molecule has 2 rings (SSSR count). The lowest BCUT2D eigenvalue weighted by Gasteiger charge is -2.06. The zero-order chi connectivity index (χ0) is 14.9. The molecule has 106 valence electrons. The van der Waals surface area contributed by atoms with Crippen LogP contribution < -0.4 is 0 Å². The summed E-state index contributed by atoms with van der Waals surface area (Å²) in [5.41, 5.74) is 1.69. The summed E-state index contributed by atoms with van der Waals surface area (Å²) in [5.74, 6) is -0.785. The molecule has 6 heteroatoms. The van der Waals surface area contributed by atoms with Gasteiger partial charge in [-0.05, 0) is 57.8 Å². The van der Waals surface area contributed by atoms with Crippen LogP contribution in [0.5, 0.6) is 0 Å². The van der Waals surface area contributed by atoms with Gasteiger partial charge < -0.3 is 0 Å². The number of rotatable bonds is 4. The molecule has 0 fully saturated rings. The van der Waals surface area contributed by atoms with Crippen molar-refractivity contribution in [3.8, 4) is 0 Å². The molecule has 0 radical (unpaired) electrons. The summed E-state index contributed by atoms with van der Waals surface area (Å²) in [7, 11) is 0. The minimum absolute atomic E-state index is 0.0905. The molecular formula is C14H13Br2FN2O. The Morgan fingerprint density at radius 3 is 2.75 bits per heavy atom. The van der Waals surface area contributed by atoms with Gasteiger partial charge in [-0.1, -0.05) is 6.07 Å². The lowest BCUT2D eigenvalue weighted by atomic mass is 10.1. The van der Waals surface area contributed by atoms with Crippen LogP contribution in [-0.4, -0.2) is 15.6 Å². The summed E-state index contributed by atoms with van der Waals surface area (Å²) in [4.78, 5) is 12.3. The molecule has 0 aliphatic rings. The first-order valence-electron chi connectivity index (χ1n) is 6.14. The normalized spacial score (nSPS) is 10.8. The molecule has 1 aromatic carbocycles. The van der Waals surface area contributed by atoms with Crippen molar-refractivity contribution in [2.24, 2.45) is 0 Å². The number of halogens is 3. The summed E-state index contributed by atoms with van der Waals surface area (Å²) in [5, 5.41) is 4.33. The van der Waals surface area contributed by atoms with Crippen molar-refractivity contribution < 1.29 is 9.18 Å². The molecule has 3 nitrogen and oxygen atoms in total. The van der Waals surface area contributed by atoms with Gasteiger partial charge in [0.1, 0.15) is 5.82 Å². The first-order valence-corrected chi connectivity index (χ1v) is 7.73. The molecule has 2 aromatic rings. The number of ketones is 1. The minimum Gasteiger partial charge on any atom is -0.294 e. The predicted molar refractivity (Wildman–Crippen MR) is 82.5 cm³/mol. The van der Waals surface area contributed by atoms with Gasteiger partial charge in [0.2, 0.25) is 0 Å².